The van der Waals surface area contributed by atoms with Crippen LogP contribution in [0.2, 0.25) is 0 Å². The van der Waals surface area contributed by atoms with Crippen molar-refractivity contribution in [2.75, 3.05) is 18.0 Å². The molecule has 1 fully saturated rings. The lowest BCUT2D eigenvalue weighted by molar-refractivity contribution is -0.117. The highest BCUT2D eigenvalue weighted by atomic mass is 31.2. The van der Waals surface area contributed by atoms with Crippen molar-refractivity contribution in [1.82, 2.24) is 5.09 Å². The summed E-state index contributed by atoms with van der Waals surface area (Å²) in [6, 6.07) is 6.28. The van der Waals surface area contributed by atoms with Crippen LogP contribution in [0, 0.1) is 5.92 Å². The third-order valence-electron chi connectivity index (χ3n) is 4.74. The number of anilines is 1. The third kappa shape index (κ3) is 7.13. The van der Waals surface area contributed by atoms with Gasteiger partial charge in [-0.25, -0.2) is 5.09 Å². The topological polar surface area (TPSA) is 116 Å². The summed E-state index contributed by atoms with van der Waals surface area (Å²) in [5.74, 6) is 0.215. The molecule has 1 unspecified atom stereocenters. The van der Waals surface area contributed by atoms with Crippen molar-refractivity contribution in [2.45, 2.75) is 45.3 Å². The number of amides is 1. The summed E-state index contributed by atoms with van der Waals surface area (Å²) in [4.78, 5) is 14.5. The summed E-state index contributed by atoms with van der Waals surface area (Å²) in [5, 5.41) is 9.19. The smallest absolute Gasteiger partial charge is 0.270 e. The Morgan fingerprint density at radius 3 is 2.75 bits per heavy atom. The minimum absolute atomic E-state index is 0.218. The van der Waals surface area contributed by atoms with Crippen LogP contribution in [0.1, 0.15) is 38.2 Å². The van der Waals surface area contributed by atoms with E-state index < -0.39 is 13.6 Å². The van der Waals surface area contributed by atoms with Gasteiger partial charge < -0.3 is 9.84 Å². The highest BCUT2D eigenvalue weighted by Gasteiger charge is 2.25. The number of benzene rings is 1. The van der Waals surface area contributed by atoms with E-state index >= 15 is 0 Å². The molecule has 9 heteroatoms. The summed E-state index contributed by atoms with van der Waals surface area (Å²) in [6.45, 7) is 6.16. The number of nitrogens with one attached hydrogen (secondary N) is 2. The van der Waals surface area contributed by atoms with Crippen LogP contribution in [0.4, 0.5) is 5.69 Å². The van der Waals surface area contributed by atoms with Crippen LogP contribution in [-0.2, 0) is 20.5 Å². The van der Waals surface area contributed by atoms with Crippen molar-refractivity contribution in [3.8, 4) is 0 Å². The van der Waals surface area contributed by atoms with E-state index in [1.165, 1.54) is 26.2 Å². The third-order valence-corrected chi connectivity index (χ3v) is 6.80. The van der Waals surface area contributed by atoms with Crippen LogP contribution in [0.25, 0.3) is 10.4 Å². The molecule has 1 amide bonds. The Morgan fingerprint density at radius 1 is 1.46 bits per heavy atom. The van der Waals surface area contributed by atoms with Crippen molar-refractivity contribution >= 4 is 19.1 Å². The fourth-order valence-electron chi connectivity index (χ4n) is 2.66. The maximum absolute atomic E-state index is 13.1. The summed E-state index contributed by atoms with van der Waals surface area (Å²) in [5.41, 5.74) is 9.83. The molecule has 8 nitrogen and oxygen atoms in total. The Labute approximate surface area is 165 Å². The molecule has 1 saturated carbocycles. The summed E-state index contributed by atoms with van der Waals surface area (Å²) >= 11 is 0. The Morgan fingerprint density at radius 2 is 2.18 bits per heavy atom. The second-order valence-corrected chi connectivity index (χ2v) is 9.34. The second kappa shape index (κ2) is 11.0. The molecule has 2 rings (SSSR count). The quantitative estimate of drug-likeness (QED) is 0.167. The lowest BCUT2D eigenvalue weighted by Gasteiger charge is -2.28. The molecule has 28 heavy (non-hydrogen) atoms. The first-order valence-electron chi connectivity index (χ1n) is 9.49. The standard InChI is InChI=1S/C19H28N5O3P/c1-3-4-12-28(26,21-13-16-6-5-7-16)27-14-17-8-10-18(11-9-17)22-19(25)15(2)23-24-20/h3,8-11,15-16H,1,4-7,12-14H2,2H3,(H,21,26)(H,22,25)/t15-,28?/m0/s1. The lowest BCUT2D eigenvalue weighted by Crippen LogP contribution is -2.27. The number of carbonyl (C=O) groups is 1. The number of hydrogen-bond donors (Lipinski definition) is 2. The van der Waals surface area contributed by atoms with Gasteiger partial charge in [0.25, 0.3) is 7.52 Å². The molecule has 152 valence electrons. The summed E-state index contributed by atoms with van der Waals surface area (Å²) < 4.78 is 18.8. The van der Waals surface area contributed by atoms with Gasteiger partial charge in [0, 0.05) is 23.3 Å². The number of nitrogens with zero attached hydrogens (tertiary/aromatic N) is 3. The van der Waals surface area contributed by atoms with Crippen LogP contribution >= 0.6 is 7.52 Å². The maximum atomic E-state index is 13.1. The Hall–Kier alpha value is -2.11. The molecule has 2 atom stereocenters. The molecule has 0 spiro atoms. The fraction of sp³-hybridized carbons (Fsp3) is 0.526. The molecule has 2 N–H and O–H groups in total. The number of carbonyl (C=O) groups excluding carboxylic acids is 1. The second-order valence-electron chi connectivity index (χ2n) is 6.97. The van der Waals surface area contributed by atoms with E-state index in [1.54, 1.807) is 30.3 Å². The van der Waals surface area contributed by atoms with Crippen molar-refractivity contribution in [2.24, 2.45) is 11.0 Å². The normalized spacial score (nSPS) is 16.9. The van der Waals surface area contributed by atoms with Crippen LogP contribution in [0.3, 0.4) is 0 Å². The van der Waals surface area contributed by atoms with Crippen molar-refractivity contribution in [3.63, 3.8) is 0 Å². The number of azide groups is 1. The van der Waals surface area contributed by atoms with E-state index in [4.69, 9.17) is 10.1 Å². The van der Waals surface area contributed by atoms with Crippen molar-refractivity contribution in [1.29, 1.82) is 0 Å². The molecule has 1 aliphatic rings. The van der Waals surface area contributed by atoms with Crippen LogP contribution in [-0.4, -0.2) is 24.7 Å². The molecule has 1 aliphatic carbocycles. The van der Waals surface area contributed by atoms with E-state index in [2.05, 4.69) is 27.0 Å². The molecular weight excluding hydrogens is 377 g/mol. The van der Waals surface area contributed by atoms with Gasteiger partial charge in [-0.3, -0.25) is 9.36 Å². The van der Waals surface area contributed by atoms with Crippen LogP contribution < -0.4 is 10.4 Å². The SMILES string of the molecule is C=CCCP(=O)(NCC1CCC1)OCc1ccc(NC(=O)[C@H](C)N=[N+]=[N-])cc1. The van der Waals surface area contributed by atoms with E-state index in [9.17, 15) is 9.36 Å². The number of rotatable bonds is 12. The van der Waals surface area contributed by atoms with Gasteiger partial charge in [0.15, 0.2) is 0 Å². The van der Waals surface area contributed by atoms with Gasteiger partial charge >= 0.3 is 0 Å². The highest BCUT2D eigenvalue weighted by molar-refractivity contribution is 7.56. The molecule has 0 bridgehead atoms. The highest BCUT2D eigenvalue weighted by Crippen LogP contribution is 2.45. The molecular formula is C19H28N5O3P. The largest absolute Gasteiger partial charge is 0.326 e. The van der Waals surface area contributed by atoms with Gasteiger partial charge in [-0.2, -0.15) is 0 Å². The summed E-state index contributed by atoms with van der Waals surface area (Å²) in [7, 11) is -2.93. The summed E-state index contributed by atoms with van der Waals surface area (Å²) in [6.07, 6.45) is 6.41. The molecule has 0 radical (unpaired) electrons. The Balaban J connectivity index is 1.89. The molecule has 1 aromatic carbocycles. The fourth-order valence-corrected chi connectivity index (χ4v) is 4.45. The minimum atomic E-state index is -2.93. The lowest BCUT2D eigenvalue weighted by atomic mass is 9.86. The zero-order valence-corrected chi connectivity index (χ0v) is 17.1. The molecule has 1 aromatic rings. The van der Waals surface area contributed by atoms with E-state index in [0.29, 0.717) is 24.2 Å². The predicted molar refractivity (Wildman–Crippen MR) is 111 cm³/mol. The molecule has 0 aromatic heterocycles. The van der Waals surface area contributed by atoms with E-state index in [1.807, 2.05) is 0 Å². The number of allylic oxidation sites excluding steroid dienone is 1. The Bertz CT molecular complexity index is 757. The maximum Gasteiger partial charge on any atom is 0.270 e. The first-order valence-corrected chi connectivity index (χ1v) is 11.3. The minimum Gasteiger partial charge on any atom is -0.326 e. The monoisotopic (exact) mass is 405 g/mol. The first-order chi connectivity index (χ1) is 13.5. The zero-order chi connectivity index (χ0) is 20.4. The average Bonchev–Trinajstić information content (AvgIpc) is 2.65. The van der Waals surface area contributed by atoms with Gasteiger partial charge in [-0.1, -0.05) is 29.7 Å². The number of hydrogen-bond acceptors (Lipinski definition) is 4. The van der Waals surface area contributed by atoms with E-state index in [-0.39, 0.29) is 12.5 Å². The van der Waals surface area contributed by atoms with E-state index in [0.717, 1.165) is 12.1 Å². The first kappa shape index (κ1) is 22.2. The Kier molecular flexibility index (Phi) is 8.74. The molecule has 0 aliphatic heterocycles. The average molecular weight is 405 g/mol. The van der Waals surface area contributed by atoms with Gasteiger partial charge in [0.05, 0.1) is 6.61 Å². The van der Waals surface area contributed by atoms with Crippen LogP contribution in [0.15, 0.2) is 42.0 Å². The van der Waals surface area contributed by atoms with Crippen LogP contribution in [0.5, 0.6) is 0 Å². The van der Waals surface area contributed by atoms with Gasteiger partial charge in [-0.05, 0) is 55.3 Å². The molecule has 0 heterocycles. The molecule has 0 saturated heterocycles. The van der Waals surface area contributed by atoms with Gasteiger partial charge in [-0.15, -0.1) is 6.58 Å². The van der Waals surface area contributed by atoms with Crippen molar-refractivity contribution in [3.05, 3.63) is 52.9 Å². The van der Waals surface area contributed by atoms with Crippen molar-refractivity contribution < 1.29 is 13.9 Å². The van der Waals surface area contributed by atoms with Gasteiger partial charge in [0.1, 0.15) is 6.04 Å². The predicted octanol–water partition coefficient (Wildman–Crippen LogP) is 5.00. The van der Waals surface area contributed by atoms with Gasteiger partial charge in [0.2, 0.25) is 5.91 Å². The zero-order valence-electron chi connectivity index (χ0n) is 16.2.